The minimum atomic E-state index is 0.694. The Labute approximate surface area is 211 Å². The first-order valence-electron chi connectivity index (χ1n) is 11.0. The molecule has 0 amide bonds. The molecule has 0 atom stereocenters. The van der Waals surface area contributed by atoms with Crippen molar-refractivity contribution in [1.29, 1.82) is 0 Å². The average molecular weight is 492 g/mol. The molecule has 3 aromatic carbocycles. The zero-order valence-corrected chi connectivity index (χ0v) is 20.0. The second-order valence-electron chi connectivity index (χ2n) is 7.90. The third-order valence-corrected chi connectivity index (χ3v) is 6.99. The number of aromatic nitrogens is 4. The first-order valence-corrected chi connectivity index (χ1v) is 12.2. The molecular weight excluding hydrogens is 474 g/mol. The van der Waals surface area contributed by atoms with E-state index in [1.807, 2.05) is 73.1 Å². The van der Waals surface area contributed by atoms with Gasteiger partial charge in [-0.1, -0.05) is 59.8 Å². The van der Waals surface area contributed by atoms with Gasteiger partial charge in [0, 0.05) is 60.8 Å². The lowest BCUT2D eigenvalue weighted by molar-refractivity contribution is 1.06. The third kappa shape index (κ3) is 4.41. The molecule has 0 saturated carbocycles. The SMILES string of the molecule is Clc1ccc(-c2nnc(Nc3ccc(Sc4ccnc5ccncc45)cc3)c3ccccc23)cc1. The molecule has 0 aliphatic carbocycles. The first kappa shape index (κ1) is 21.5. The predicted octanol–water partition coefficient (Wildman–Crippen LogP) is 7.79. The molecule has 35 heavy (non-hydrogen) atoms. The van der Waals surface area contributed by atoms with Crippen LogP contribution in [0.15, 0.2) is 113 Å². The summed E-state index contributed by atoms with van der Waals surface area (Å²) in [6.07, 6.45) is 5.45. The number of anilines is 2. The van der Waals surface area contributed by atoms with Crippen molar-refractivity contribution in [2.75, 3.05) is 5.32 Å². The second kappa shape index (κ2) is 9.33. The summed E-state index contributed by atoms with van der Waals surface area (Å²) in [5.74, 6) is 0.713. The topological polar surface area (TPSA) is 63.6 Å². The summed E-state index contributed by atoms with van der Waals surface area (Å²) < 4.78 is 0. The second-order valence-corrected chi connectivity index (χ2v) is 9.45. The van der Waals surface area contributed by atoms with Crippen LogP contribution in [0.5, 0.6) is 0 Å². The van der Waals surface area contributed by atoms with Crippen LogP contribution in [0.2, 0.25) is 5.02 Å². The quantitative estimate of drug-likeness (QED) is 0.265. The van der Waals surface area contributed by atoms with E-state index in [0.717, 1.165) is 48.4 Å². The molecule has 3 heterocycles. The van der Waals surface area contributed by atoms with Gasteiger partial charge in [-0.3, -0.25) is 9.97 Å². The van der Waals surface area contributed by atoms with Crippen molar-refractivity contribution in [2.45, 2.75) is 9.79 Å². The highest BCUT2D eigenvalue weighted by molar-refractivity contribution is 7.99. The fraction of sp³-hybridized carbons (Fsp3) is 0. The Hall–Kier alpha value is -4.00. The maximum absolute atomic E-state index is 6.06. The number of nitrogens with one attached hydrogen (secondary N) is 1. The molecule has 0 spiro atoms. The molecule has 6 rings (SSSR count). The highest BCUT2D eigenvalue weighted by Gasteiger charge is 2.11. The van der Waals surface area contributed by atoms with Crippen LogP contribution in [0.1, 0.15) is 0 Å². The number of fused-ring (bicyclic) bond motifs is 2. The van der Waals surface area contributed by atoms with E-state index in [1.165, 1.54) is 0 Å². The smallest absolute Gasteiger partial charge is 0.161 e. The van der Waals surface area contributed by atoms with Gasteiger partial charge in [0.1, 0.15) is 5.69 Å². The van der Waals surface area contributed by atoms with Gasteiger partial charge in [-0.25, -0.2) is 0 Å². The number of hydrogen-bond acceptors (Lipinski definition) is 6. The van der Waals surface area contributed by atoms with E-state index < -0.39 is 0 Å². The minimum absolute atomic E-state index is 0.694. The molecule has 3 aromatic heterocycles. The van der Waals surface area contributed by atoms with Gasteiger partial charge in [0.05, 0.1) is 5.52 Å². The number of benzene rings is 3. The van der Waals surface area contributed by atoms with Crippen molar-refractivity contribution in [3.8, 4) is 11.3 Å². The fourth-order valence-corrected chi connectivity index (χ4v) is 4.99. The van der Waals surface area contributed by atoms with Crippen molar-refractivity contribution >= 4 is 56.5 Å². The summed E-state index contributed by atoms with van der Waals surface area (Å²) in [5, 5.41) is 16.2. The first-order chi connectivity index (χ1) is 17.2. The zero-order valence-electron chi connectivity index (χ0n) is 18.4. The van der Waals surface area contributed by atoms with Gasteiger partial charge in [-0.15, -0.1) is 10.2 Å². The van der Waals surface area contributed by atoms with Crippen molar-refractivity contribution < 1.29 is 0 Å². The number of hydrogen-bond donors (Lipinski definition) is 1. The van der Waals surface area contributed by atoms with E-state index in [2.05, 4.69) is 49.7 Å². The Balaban J connectivity index is 1.28. The van der Waals surface area contributed by atoms with Gasteiger partial charge in [-0.05, 0) is 48.5 Å². The van der Waals surface area contributed by atoms with Gasteiger partial charge in [0.15, 0.2) is 5.82 Å². The summed E-state index contributed by atoms with van der Waals surface area (Å²) in [6.45, 7) is 0. The number of rotatable bonds is 5. The number of pyridine rings is 2. The van der Waals surface area contributed by atoms with Crippen LogP contribution in [0.3, 0.4) is 0 Å². The van der Waals surface area contributed by atoms with Crippen LogP contribution >= 0.6 is 23.4 Å². The summed E-state index contributed by atoms with van der Waals surface area (Å²) in [4.78, 5) is 10.9. The van der Waals surface area contributed by atoms with Crippen molar-refractivity contribution in [3.05, 3.63) is 109 Å². The molecule has 0 radical (unpaired) electrons. The van der Waals surface area contributed by atoms with Gasteiger partial charge < -0.3 is 5.32 Å². The summed E-state index contributed by atoms with van der Waals surface area (Å²) in [5.41, 5.74) is 3.68. The maximum Gasteiger partial charge on any atom is 0.161 e. The van der Waals surface area contributed by atoms with E-state index in [9.17, 15) is 0 Å². The van der Waals surface area contributed by atoms with Crippen molar-refractivity contribution in [3.63, 3.8) is 0 Å². The molecule has 0 aliphatic rings. The lowest BCUT2D eigenvalue weighted by Gasteiger charge is -2.12. The molecule has 1 N–H and O–H groups in total. The number of nitrogens with zero attached hydrogens (tertiary/aromatic N) is 4. The van der Waals surface area contributed by atoms with Crippen LogP contribution in [0.4, 0.5) is 11.5 Å². The zero-order chi connectivity index (χ0) is 23.6. The fourth-order valence-electron chi connectivity index (χ4n) is 3.94. The van der Waals surface area contributed by atoms with Gasteiger partial charge in [0.2, 0.25) is 0 Å². The summed E-state index contributed by atoms with van der Waals surface area (Å²) >= 11 is 7.75. The lowest BCUT2D eigenvalue weighted by atomic mass is 10.0. The molecule has 168 valence electrons. The average Bonchev–Trinajstić information content (AvgIpc) is 2.91. The summed E-state index contributed by atoms with van der Waals surface area (Å²) in [6, 6.07) is 28.0. The van der Waals surface area contributed by atoms with Gasteiger partial charge in [-0.2, -0.15) is 0 Å². The predicted molar refractivity (Wildman–Crippen MR) is 143 cm³/mol. The Bertz CT molecular complexity index is 1650. The van der Waals surface area contributed by atoms with E-state index in [-0.39, 0.29) is 0 Å². The van der Waals surface area contributed by atoms with Gasteiger partial charge >= 0.3 is 0 Å². The Kier molecular flexibility index (Phi) is 5.74. The van der Waals surface area contributed by atoms with Crippen molar-refractivity contribution in [1.82, 2.24) is 20.2 Å². The molecule has 0 fully saturated rings. The Morgan fingerprint density at radius 2 is 1.51 bits per heavy atom. The molecule has 6 aromatic rings. The standard InChI is InChI=1S/C28H18ClN5S/c29-19-7-5-18(6-8-19)27-22-3-1-2-4-23(22)28(34-33-27)32-20-9-11-21(12-10-20)35-26-14-16-31-25-13-15-30-17-24(25)26/h1-17H,(H,32,34). The van der Waals surface area contributed by atoms with E-state index in [4.69, 9.17) is 11.6 Å². The third-order valence-electron chi connectivity index (χ3n) is 5.65. The molecule has 7 heteroatoms. The molecule has 0 aliphatic heterocycles. The molecule has 0 saturated heterocycles. The van der Waals surface area contributed by atoms with E-state index >= 15 is 0 Å². The normalized spacial score (nSPS) is 11.1. The van der Waals surface area contributed by atoms with Crippen LogP contribution in [0.25, 0.3) is 32.9 Å². The van der Waals surface area contributed by atoms with Crippen molar-refractivity contribution in [2.24, 2.45) is 0 Å². The van der Waals surface area contributed by atoms with E-state index in [0.29, 0.717) is 10.8 Å². The number of halogens is 1. The molecule has 0 bridgehead atoms. The highest BCUT2D eigenvalue weighted by Crippen LogP contribution is 2.34. The largest absolute Gasteiger partial charge is 0.338 e. The van der Waals surface area contributed by atoms with Crippen LogP contribution in [0, 0.1) is 0 Å². The maximum atomic E-state index is 6.06. The van der Waals surface area contributed by atoms with Crippen LogP contribution < -0.4 is 5.32 Å². The molecule has 0 unspecified atom stereocenters. The minimum Gasteiger partial charge on any atom is -0.338 e. The lowest BCUT2D eigenvalue weighted by Crippen LogP contribution is -1.99. The molecular formula is C28H18ClN5S. The van der Waals surface area contributed by atoms with E-state index in [1.54, 1.807) is 18.0 Å². The van der Waals surface area contributed by atoms with Crippen LogP contribution in [-0.4, -0.2) is 20.2 Å². The summed E-state index contributed by atoms with van der Waals surface area (Å²) in [7, 11) is 0. The van der Waals surface area contributed by atoms with Crippen LogP contribution in [-0.2, 0) is 0 Å². The Morgan fingerprint density at radius 3 is 2.34 bits per heavy atom. The molecule has 5 nitrogen and oxygen atoms in total. The highest BCUT2D eigenvalue weighted by atomic mass is 35.5. The van der Waals surface area contributed by atoms with Gasteiger partial charge in [0.25, 0.3) is 0 Å². The Morgan fingerprint density at radius 1 is 0.714 bits per heavy atom. The monoisotopic (exact) mass is 491 g/mol.